The second kappa shape index (κ2) is 7.13. The van der Waals surface area contributed by atoms with Gasteiger partial charge in [0.2, 0.25) is 5.95 Å². The molecule has 3 rings (SSSR count). The molecule has 6 nitrogen and oxygen atoms in total. The van der Waals surface area contributed by atoms with Gasteiger partial charge in [-0.2, -0.15) is 4.98 Å². The molecule has 0 radical (unpaired) electrons. The monoisotopic (exact) mass is 326 g/mol. The summed E-state index contributed by atoms with van der Waals surface area (Å²) in [6, 6.07) is 6.56. The van der Waals surface area contributed by atoms with Crippen LogP contribution >= 0.6 is 0 Å². The minimum atomic E-state index is 0.444. The molecular formula is C18H26N6. The fraction of sp³-hybridized carbons (Fsp3) is 0.500. The molecule has 1 unspecified atom stereocenters. The fourth-order valence-corrected chi connectivity index (χ4v) is 3.12. The van der Waals surface area contributed by atoms with Crippen molar-refractivity contribution in [1.82, 2.24) is 19.9 Å². The number of likely N-dealkylation sites (tertiary alicyclic amines) is 1. The van der Waals surface area contributed by atoms with Gasteiger partial charge in [0.1, 0.15) is 5.82 Å². The first-order valence-corrected chi connectivity index (χ1v) is 8.40. The number of anilines is 2. The predicted molar refractivity (Wildman–Crippen MR) is 97.4 cm³/mol. The number of rotatable bonds is 5. The van der Waals surface area contributed by atoms with Crippen LogP contribution in [0.5, 0.6) is 0 Å². The van der Waals surface area contributed by atoms with Gasteiger partial charge in [-0.25, -0.2) is 4.98 Å². The maximum absolute atomic E-state index is 4.65. The lowest BCUT2D eigenvalue weighted by molar-refractivity contribution is 0.324. The molecular weight excluding hydrogens is 300 g/mol. The van der Waals surface area contributed by atoms with Crippen LogP contribution in [0.1, 0.15) is 17.7 Å². The van der Waals surface area contributed by atoms with E-state index in [0.717, 1.165) is 43.5 Å². The molecule has 3 heterocycles. The third kappa shape index (κ3) is 3.64. The Morgan fingerprint density at radius 3 is 2.75 bits per heavy atom. The molecule has 24 heavy (non-hydrogen) atoms. The topological polar surface area (TPSA) is 48.4 Å². The van der Waals surface area contributed by atoms with Gasteiger partial charge in [-0.15, -0.1) is 0 Å². The van der Waals surface area contributed by atoms with Crippen molar-refractivity contribution in [3.05, 3.63) is 41.9 Å². The van der Waals surface area contributed by atoms with E-state index in [4.69, 9.17) is 0 Å². The van der Waals surface area contributed by atoms with Crippen LogP contribution in [-0.4, -0.2) is 60.1 Å². The normalized spacial score (nSPS) is 17.9. The number of aryl methyl sites for hydroxylation is 1. The molecule has 0 aliphatic carbocycles. The van der Waals surface area contributed by atoms with Crippen LogP contribution in [0.2, 0.25) is 0 Å². The number of hydrogen-bond donors (Lipinski definition) is 0. The van der Waals surface area contributed by atoms with E-state index in [1.165, 1.54) is 5.56 Å². The Hall–Kier alpha value is -2.21. The van der Waals surface area contributed by atoms with Gasteiger partial charge in [-0.05, 0) is 31.0 Å². The van der Waals surface area contributed by atoms with Crippen LogP contribution in [0.25, 0.3) is 0 Å². The number of likely N-dealkylation sites (N-methyl/N-ethyl adjacent to an activating group) is 1. The minimum Gasteiger partial charge on any atom is -0.363 e. The molecule has 0 spiro atoms. The number of hydrogen-bond acceptors (Lipinski definition) is 6. The Morgan fingerprint density at radius 2 is 2.00 bits per heavy atom. The lowest BCUT2D eigenvalue weighted by atomic mass is 10.2. The summed E-state index contributed by atoms with van der Waals surface area (Å²) in [5.41, 5.74) is 2.43. The van der Waals surface area contributed by atoms with Crippen molar-refractivity contribution in [3.63, 3.8) is 0 Å². The average molecular weight is 326 g/mol. The van der Waals surface area contributed by atoms with E-state index in [1.807, 2.05) is 43.5 Å². The molecule has 2 aromatic rings. The molecule has 1 fully saturated rings. The Labute approximate surface area is 144 Å². The summed E-state index contributed by atoms with van der Waals surface area (Å²) < 4.78 is 0. The molecule has 1 aliphatic rings. The highest BCUT2D eigenvalue weighted by atomic mass is 15.3. The molecule has 6 heteroatoms. The zero-order chi connectivity index (χ0) is 17.1. The Morgan fingerprint density at radius 1 is 1.17 bits per heavy atom. The zero-order valence-electron chi connectivity index (χ0n) is 15.0. The van der Waals surface area contributed by atoms with Gasteiger partial charge < -0.3 is 9.80 Å². The molecule has 0 N–H and O–H groups in total. The Bertz CT molecular complexity index is 687. The van der Waals surface area contributed by atoms with Gasteiger partial charge in [0.25, 0.3) is 0 Å². The van der Waals surface area contributed by atoms with Crippen LogP contribution in [0, 0.1) is 6.92 Å². The van der Waals surface area contributed by atoms with E-state index in [1.54, 1.807) is 0 Å². The summed E-state index contributed by atoms with van der Waals surface area (Å²) >= 11 is 0. The highest BCUT2D eigenvalue weighted by Gasteiger charge is 2.27. The standard InChI is InChI=1S/C18H26N6/c1-14-15(6-5-9-19-14)12-24-11-8-16(13-24)23(4)18-20-10-7-17(21-18)22(2)3/h5-7,9-10,16H,8,11-13H2,1-4H3. The SMILES string of the molecule is Cc1ncccc1CN1CCC(N(C)c2nccc(N(C)C)n2)C1. The van der Waals surface area contributed by atoms with Gasteiger partial charge >= 0.3 is 0 Å². The van der Waals surface area contributed by atoms with Crippen LogP contribution in [0.4, 0.5) is 11.8 Å². The molecule has 0 aromatic carbocycles. The van der Waals surface area contributed by atoms with Gasteiger partial charge in [0, 0.05) is 64.9 Å². The molecule has 128 valence electrons. The number of aromatic nitrogens is 3. The van der Waals surface area contributed by atoms with E-state index >= 15 is 0 Å². The maximum atomic E-state index is 4.65. The van der Waals surface area contributed by atoms with Gasteiger partial charge in [-0.1, -0.05) is 6.07 Å². The van der Waals surface area contributed by atoms with Gasteiger partial charge in [-0.3, -0.25) is 9.88 Å². The third-order valence-corrected chi connectivity index (χ3v) is 4.71. The summed E-state index contributed by atoms with van der Waals surface area (Å²) in [6.45, 7) is 5.16. The summed E-state index contributed by atoms with van der Waals surface area (Å²) in [7, 11) is 6.09. The summed E-state index contributed by atoms with van der Waals surface area (Å²) in [6.07, 6.45) is 4.82. The first-order valence-electron chi connectivity index (χ1n) is 8.40. The molecule has 0 saturated carbocycles. The molecule has 1 saturated heterocycles. The highest BCUT2D eigenvalue weighted by molar-refractivity contribution is 5.42. The maximum Gasteiger partial charge on any atom is 0.227 e. The first-order chi connectivity index (χ1) is 11.5. The Kier molecular flexibility index (Phi) is 4.94. The fourth-order valence-electron chi connectivity index (χ4n) is 3.12. The predicted octanol–water partition coefficient (Wildman–Crippen LogP) is 1.96. The summed E-state index contributed by atoms with van der Waals surface area (Å²) in [5.74, 6) is 1.73. The number of nitrogens with zero attached hydrogens (tertiary/aromatic N) is 6. The van der Waals surface area contributed by atoms with E-state index in [9.17, 15) is 0 Å². The second-order valence-corrected chi connectivity index (χ2v) is 6.65. The van der Waals surface area contributed by atoms with Crippen molar-refractivity contribution in [3.8, 4) is 0 Å². The van der Waals surface area contributed by atoms with E-state index < -0.39 is 0 Å². The van der Waals surface area contributed by atoms with Crippen molar-refractivity contribution < 1.29 is 0 Å². The molecule has 1 aliphatic heterocycles. The summed E-state index contributed by atoms with van der Waals surface area (Å²) in [5, 5.41) is 0. The lowest BCUT2D eigenvalue weighted by Crippen LogP contribution is -2.35. The van der Waals surface area contributed by atoms with Crippen molar-refractivity contribution >= 4 is 11.8 Å². The van der Waals surface area contributed by atoms with Crippen molar-refractivity contribution in [2.75, 3.05) is 44.0 Å². The molecule has 2 aromatic heterocycles. The van der Waals surface area contributed by atoms with Crippen LogP contribution < -0.4 is 9.80 Å². The smallest absolute Gasteiger partial charge is 0.227 e. The first kappa shape index (κ1) is 16.6. The molecule has 0 amide bonds. The second-order valence-electron chi connectivity index (χ2n) is 6.65. The van der Waals surface area contributed by atoms with E-state index in [-0.39, 0.29) is 0 Å². The third-order valence-electron chi connectivity index (χ3n) is 4.71. The lowest BCUT2D eigenvalue weighted by Gasteiger charge is -2.26. The van der Waals surface area contributed by atoms with Crippen molar-refractivity contribution in [2.24, 2.45) is 0 Å². The van der Waals surface area contributed by atoms with Crippen LogP contribution in [0.15, 0.2) is 30.6 Å². The molecule has 1 atom stereocenters. The van der Waals surface area contributed by atoms with Gasteiger partial charge in [0.15, 0.2) is 0 Å². The van der Waals surface area contributed by atoms with Crippen LogP contribution in [0.3, 0.4) is 0 Å². The van der Waals surface area contributed by atoms with Gasteiger partial charge in [0.05, 0.1) is 0 Å². The quantitative estimate of drug-likeness (QED) is 0.837. The largest absolute Gasteiger partial charge is 0.363 e. The number of pyridine rings is 1. The van der Waals surface area contributed by atoms with Crippen molar-refractivity contribution in [1.29, 1.82) is 0 Å². The van der Waals surface area contributed by atoms with Crippen LogP contribution in [-0.2, 0) is 6.54 Å². The minimum absolute atomic E-state index is 0.444. The zero-order valence-corrected chi connectivity index (χ0v) is 15.0. The van der Waals surface area contributed by atoms with E-state index in [2.05, 4.69) is 44.8 Å². The average Bonchev–Trinajstić information content (AvgIpc) is 3.05. The summed E-state index contributed by atoms with van der Waals surface area (Å²) in [4.78, 5) is 20.2. The van der Waals surface area contributed by atoms with E-state index in [0.29, 0.717) is 6.04 Å². The highest BCUT2D eigenvalue weighted by Crippen LogP contribution is 2.21. The van der Waals surface area contributed by atoms with Crippen molar-refractivity contribution in [2.45, 2.75) is 25.9 Å². The molecule has 0 bridgehead atoms. The Balaban J connectivity index is 1.65.